The monoisotopic (exact) mass is 471 g/mol. The lowest BCUT2D eigenvalue weighted by Gasteiger charge is -2.26. The van der Waals surface area contributed by atoms with Gasteiger partial charge in [-0.1, -0.05) is 40.2 Å². The number of anilines is 1. The molecule has 0 heterocycles. The molecule has 21 heavy (non-hydrogen) atoms. The van der Waals surface area contributed by atoms with E-state index in [0.29, 0.717) is 5.92 Å². The van der Waals surface area contributed by atoms with Crippen LogP contribution in [0.5, 0.6) is 0 Å². The van der Waals surface area contributed by atoms with Crippen molar-refractivity contribution < 1.29 is 0 Å². The van der Waals surface area contributed by atoms with E-state index in [1.165, 1.54) is 30.4 Å². The molecule has 1 atom stereocenters. The van der Waals surface area contributed by atoms with Gasteiger partial charge in [-0.05, 0) is 74.4 Å². The zero-order valence-electron chi connectivity index (χ0n) is 11.5. The molecule has 0 fully saturated rings. The van der Waals surface area contributed by atoms with Gasteiger partial charge in [0, 0.05) is 25.9 Å². The van der Waals surface area contributed by atoms with Crippen LogP contribution in [0.15, 0.2) is 49.8 Å². The molecule has 0 bridgehead atoms. The molecule has 1 N–H and O–H groups in total. The Balaban J connectivity index is 1.78. The number of rotatable bonds is 3. The Morgan fingerprint density at radius 3 is 2.52 bits per heavy atom. The fourth-order valence-electron chi connectivity index (χ4n) is 3.00. The maximum atomic E-state index is 3.63. The summed E-state index contributed by atoms with van der Waals surface area (Å²) in [6.07, 6.45) is 3.76. The number of halogens is 3. The van der Waals surface area contributed by atoms with Crippen molar-refractivity contribution in [1.29, 1.82) is 0 Å². The maximum Gasteiger partial charge on any atom is 0.0630 e. The highest BCUT2D eigenvalue weighted by Crippen LogP contribution is 2.36. The second kappa shape index (κ2) is 6.84. The van der Waals surface area contributed by atoms with E-state index in [1.54, 1.807) is 0 Å². The third kappa shape index (κ3) is 3.54. The summed E-state index contributed by atoms with van der Waals surface area (Å²) in [6, 6.07) is 13.0. The topological polar surface area (TPSA) is 12.0 Å². The normalized spacial score (nSPS) is 17.4. The summed E-state index contributed by atoms with van der Waals surface area (Å²) in [5.41, 5.74) is 4.16. The van der Waals surface area contributed by atoms with Gasteiger partial charge in [0.15, 0.2) is 0 Å². The number of hydrogen-bond acceptors (Lipinski definition) is 1. The minimum atomic E-state index is 0.595. The third-order valence-electron chi connectivity index (χ3n) is 4.03. The highest BCUT2D eigenvalue weighted by molar-refractivity contribution is 9.11. The maximum absolute atomic E-state index is 3.63. The Hall–Kier alpha value is -0.320. The molecule has 0 saturated carbocycles. The summed E-state index contributed by atoms with van der Waals surface area (Å²) in [5.74, 6) is 0.595. The fourth-order valence-corrected chi connectivity index (χ4v) is 5.54. The summed E-state index contributed by atoms with van der Waals surface area (Å²) in [5, 5.41) is 3.60. The molecule has 1 nitrogen and oxygen atoms in total. The van der Waals surface area contributed by atoms with Crippen LogP contribution in [-0.2, 0) is 6.42 Å². The lowest BCUT2D eigenvalue weighted by atomic mass is 9.83. The molecule has 0 saturated heterocycles. The summed E-state index contributed by atoms with van der Waals surface area (Å²) in [6.45, 7) is 0.968. The van der Waals surface area contributed by atoms with Crippen LogP contribution in [0.4, 0.5) is 5.69 Å². The van der Waals surface area contributed by atoms with Crippen molar-refractivity contribution in [1.82, 2.24) is 0 Å². The molecule has 0 amide bonds. The van der Waals surface area contributed by atoms with Gasteiger partial charge < -0.3 is 5.32 Å². The molecule has 1 aliphatic rings. The van der Waals surface area contributed by atoms with Crippen LogP contribution < -0.4 is 5.32 Å². The lowest BCUT2D eigenvalue weighted by molar-refractivity contribution is 0.571. The molecule has 2 aromatic carbocycles. The van der Waals surface area contributed by atoms with Gasteiger partial charge in [-0.25, -0.2) is 0 Å². The first-order chi connectivity index (χ1) is 10.1. The molecule has 1 unspecified atom stereocenters. The quantitative estimate of drug-likeness (QED) is 0.536. The average Bonchev–Trinajstić information content (AvgIpc) is 2.46. The third-order valence-corrected chi connectivity index (χ3v) is 5.73. The van der Waals surface area contributed by atoms with Gasteiger partial charge >= 0.3 is 0 Å². The molecule has 0 aliphatic heterocycles. The van der Waals surface area contributed by atoms with E-state index >= 15 is 0 Å². The number of fused-ring (bicyclic) bond motifs is 1. The van der Waals surface area contributed by atoms with Crippen molar-refractivity contribution in [2.75, 3.05) is 11.9 Å². The van der Waals surface area contributed by atoms with Crippen molar-refractivity contribution in [3.63, 3.8) is 0 Å². The summed E-state index contributed by atoms with van der Waals surface area (Å²) < 4.78 is 3.22. The van der Waals surface area contributed by atoms with Crippen molar-refractivity contribution >= 4 is 53.5 Å². The molecule has 1 aliphatic carbocycles. The van der Waals surface area contributed by atoms with Crippen LogP contribution in [0, 0.1) is 0 Å². The van der Waals surface area contributed by atoms with Crippen molar-refractivity contribution in [3.8, 4) is 0 Å². The van der Waals surface area contributed by atoms with Gasteiger partial charge in [0.05, 0.1) is 5.69 Å². The molecule has 0 aromatic heterocycles. The smallest absolute Gasteiger partial charge is 0.0630 e. The number of nitrogens with one attached hydrogen (secondary N) is 1. The van der Waals surface area contributed by atoms with Gasteiger partial charge in [0.25, 0.3) is 0 Å². The Morgan fingerprint density at radius 2 is 1.76 bits per heavy atom. The Labute approximate surface area is 150 Å². The van der Waals surface area contributed by atoms with Crippen LogP contribution >= 0.6 is 47.8 Å². The van der Waals surface area contributed by atoms with Crippen LogP contribution in [0.3, 0.4) is 0 Å². The second-order valence-electron chi connectivity index (χ2n) is 5.41. The van der Waals surface area contributed by atoms with E-state index in [4.69, 9.17) is 0 Å². The molecule has 4 heteroatoms. The zero-order valence-corrected chi connectivity index (χ0v) is 16.3. The van der Waals surface area contributed by atoms with Crippen molar-refractivity contribution in [2.24, 2.45) is 0 Å². The molecule has 0 radical (unpaired) electrons. The Morgan fingerprint density at radius 1 is 1.05 bits per heavy atom. The van der Waals surface area contributed by atoms with E-state index in [0.717, 1.165) is 25.7 Å². The van der Waals surface area contributed by atoms with Gasteiger partial charge in [-0.15, -0.1) is 0 Å². The van der Waals surface area contributed by atoms with E-state index < -0.39 is 0 Å². The molecule has 2 aromatic rings. The summed E-state index contributed by atoms with van der Waals surface area (Å²) in [4.78, 5) is 0. The highest BCUT2D eigenvalue weighted by Gasteiger charge is 2.20. The highest BCUT2D eigenvalue weighted by atomic mass is 79.9. The van der Waals surface area contributed by atoms with Crippen molar-refractivity contribution in [3.05, 3.63) is 60.9 Å². The van der Waals surface area contributed by atoms with Gasteiger partial charge in [-0.2, -0.15) is 0 Å². The lowest BCUT2D eigenvalue weighted by Crippen LogP contribution is -2.18. The average molecular weight is 474 g/mol. The number of hydrogen-bond donors (Lipinski definition) is 1. The first-order valence-corrected chi connectivity index (χ1v) is 9.49. The SMILES string of the molecule is Brc1cc(Br)c(NCC2CCCc3ccccc32)c(Br)c1. The Kier molecular flexibility index (Phi) is 5.07. The fraction of sp³-hybridized carbons (Fsp3) is 0.294. The Bertz CT molecular complexity index is 631. The minimum absolute atomic E-state index is 0.595. The summed E-state index contributed by atoms with van der Waals surface area (Å²) >= 11 is 10.8. The summed E-state index contributed by atoms with van der Waals surface area (Å²) in [7, 11) is 0. The van der Waals surface area contributed by atoms with E-state index in [9.17, 15) is 0 Å². The second-order valence-corrected chi connectivity index (χ2v) is 8.04. The zero-order chi connectivity index (χ0) is 14.8. The van der Waals surface area contributed by atoms with E-state index in [2.05, 4.69) is 89.5 Å². The van der Waals surface area contributed by atoms with Crippen LogP contribution in [0.25, 0.3) is 0 Å². The minimum Gasteiger partial charge on any atom is -0.383 e. The predicted octanol–water partition coefficient (Wildman–Crippen LogP) is 6.51. The van der Waals surface area contributed by atoms with Crippen LogP contribution in [0.1, 0.15) is 29.9 Å². The van der Waals surface area contributed by atoms with Crippen LogP contribution in [0.2, 0.25) is 0 Å². The standard InChI is InChI=1S/C17H16Br3N/c18-13-8-15(19)17(16(20)9-13)21-10-12-6-3-5-11-4-1-2-7-14(11)12/h1-2,4,7-9,12,21H,3,5-6,10H2. The van der Waals surface area contributed by atoms with Gasteiger partial charge in [0.1, 0.15) is 0 Å². The van der Waals surface area contributed by atoms with E-state index in [-0.39, 0.29) is 0 Å². The van der Waals surface area contributed by atoms with Gasteiger partial charge in [-0.3, -0.25) is 0 Å². The first kappa shape index (κ1) is 15.6. The number of aryl methyl sites for hydroxylation is 1. The molecular formula is C17H16Br3N. The molecular weight excluding hydrogens is 458 g/mol. The van der Waals surface area contributed by atoms with E-state index in [1.807, 2.05) is 0 Å². The van der Waals surface area contributed by atoms with Gasteiger partial charge in [0.2, 0.25) is 0 Å². The largest absolute Gasteiger partial charge is 0.383 e. The molecule has 3 rings (SSSR count). The van der Waals surface area contributed by atoms with Crippen molar-refractivity contribution in [2.45, 2.75) is 25.2 Å². The number of benzene rings is 2. The molecule has 0 spiro atoms. The van der Waals surface area contributed by atoms with Crippen LogP contribution in [-0.4, -0.2) is 6.54 Å². The molecule has 110 valence electrons. The predicted molar refractivity (Wildman–Crippen MR) is 100 cm³/mol. The first-order valence-electron chi connectivity index (χ1n) is 7.11.